The molecule has 2 atom stereocenters. The van der Waals surface area contributed by atoms with Gasteiger partial charge < -0.3 is 9.64 Å². The van der Waals surface area contributed by atoms with Crippen LogP contribution in [0.25, 0.3) is 0 Å². The van der Waals surface area contributed by atoms with Gasteiger partial charge in [-0.25, -0.2) is 0 Å². The van der Waals surface area contributed by atoms with E-state index in [1.165, 1.54) is 0 Å². The maximum absolute atomic E-state index is 12.6. The summed E-state index contributed by atoms with van der Waals surface area (Å²) in [5.41, 5.74) is 2.17. The molecule has 0 aromatic heterocycles. The van der Waals surface area contributed by atoms with E-state index in [-0.39, 0.29) is 18.1 Å². The Bertz CT molecular complexity index is 702. The molecule has 0 radical (unpaired) electrons. The molecular weight excluding hydrogens is 346 g/mol. The number of carbonyl (C=O) groups excluding carboxylic acids is 1. The number of hydrogen-bond donors (Lipinski definition) is 0. The van der Waals surface area contributed by atoms with Gasteiger partial charge >= 0.3 is 0 Å². The molecule has 3 nitrogen and oxygen atoms in total. The molecule has 0 aliphatic carbocycles. The van der Waals surface area contributed by atoms with Gasteiger partial charge in [0.15, 0.2) is 0 Å². The second-order valence-corrected chi connectivity index (χ2v) is 7.18. The molecule has 4 heteroatoms. The lowest BCUT2D eigenvalue weighted by atomic mass is 9.94. The Morgan fingerprint density at radius 3 is 2.42 bits per heavy atom. The van der Waals surface area contributed by atoms with E-state index in [2.05, 4.69) is 19.1 Å². The largest absolute Gasteiger partial charge is 0.371 e. The van der Waals surface area contributed by atoms with Crippen LogP contribution in [-0.2, 0) is 9.53 Å². The lowest BCUT2D eigenvalue weighted by molar-refractivity contribution is -0.133. The average Bonchev–Trinajstić information content (AvgIpc) is 3.08. The van der Waals surface area contributed by atoms with Crippen LogP contribution in [0.1, 0.15) is 55.9 Å². The highest BCUT2D eigenvalue weighted by Crippen LogP contribution is 2.39. The maximum Gasteiger partial charge on any atom is 0.223 e. The number of likely N-dealkylation sites (tertiary alicyclic amines) is 1. The molecule has 0 N–H and O–H groups in total. The second-order valence-electron chi connectivity index (χ2n) is 6.74. The van der Waals surface area contributed by atoms with Gasteiger partial charge in [0.2, 0.25) is 5.91 Å². The third-order valence-electron chi connectivity index (χ3n) is 4.87. The molecule has 0 bridgehead atoms. The van der Waals surface area contributed by atoms with Crippen LogP contribution in [0.3, 0.4) is 0 Å². The zero-order chi connectivity index (χ0) is 18.4. The van der Waals surface area contributed by atoms with Crippen molar-refractivity contribution in [3.8, 4) is 0 Å². The van der Waals surface area contributed by atoms with E-state index >= 15 is 0 Å². The van der Waals surface area contributed by atoms with Gasteiger partial charge in [-0.05, 0) is 36.1 Å². The van der Waals surface area contributed by atoms with Crippen molar-refractivity contribution in [2.75, 3.05) is 13.2 Å². The van der Waals surface area contributed by atoms with Crippen molar-refractivity contribution in [3.63, 3.8) is 0 Å². The quantitative estimate of drug-likeness (QED) is 0.568. The van der Waals surface area contributed by atoms with Crippen molar-refractivity contribution in [2.45, 2.75) is 44.8 Å². The van der Waals surface area contributed by atoms with Gasteiger partial charge in [0.1, 0.15) is 6.10 Å². The summed E-state index contributed by atoms with van der Waals surface area (Å²) >= 11 is 6.08. The molecule has 0 spiro atoms. The normalized spacial score (nSPS) is 16.7. The fraction of sp³-hybridized carbons (Fsp3) is 0.409. The summed E-state index contributed by atoms with van der Waals surface area (Å²) in [7, 11) is 0. The van der Waals surface area contributed by atoms with E-state index in [0.717, 1.165) is 36.9 Å². The molecule has 1 aliphatic rings. The summed E-state index contributed by atoms with van der Waals surface area (Å²) in [6.07, 6.45) is 3.39. The molecule has 0 saturated carbocycles. The maximum atomic E-state index is 12.6. The first-order chi connectivity index (χ1) is 12.7. The Hall–Kier alpha value is -1.84. The first kappa shape index (κ1) is 18.9. The van der Waals surface area contributed by atoms with Crippen LogP contribution >= 0.6 is 11.6 Å². The van der Waals surface area contributed by atoms with Crippen LogP contribution < -0.4 is 0 Å². The van der Waals surface area contributed by atoms with Gasteiger partial charge in [0, 0.05) is 24.6 Å². The van der Waals surface area contributed by atoms with Crippen LogP contribution in [0.2, 0.25) is 5.02 Å². The number of halogens is 1. The van der Waals surface area contributed by atoms with Crippen molar-refractivity contribution < 1.29 is 9.53 Å². The molecule has 2 aromatic carbocycles. The lowest BCUT2D eigenvalue weighted by Crippen LogP contribution is -2.35. The van der Waals surface area contributed by atoms with Crippen LogP contribution in [0, 0.1) is 0 Å². The summed E-state index contributed by atoms with van der Waals surface area (Å²) < 4.78 is 6.35. The fourth-order valence-corrected chi connectivity index (χ4v) is 3.63. The van der Waals surface area contributed by atoms with Crippen LogP contribution in [0.5, 0.6) is 0 Å². The van der Waals surface area contributed by atoms with E-state index in [0.29, 0.717) is 18.1 Å². The van der Waals surface area contributed by atoms with Crippen LogP contribution in [0.15, 0.2) is 54.6 Å². The lowest BCUT2D eigenvalue weighted by Gasteiger charge is -2.35. The predicted octanol–water partition coefficient (Wildman–Crippen LogP) is 5.56. The molecule has 1 heterocycles. The van der Waals surface area contributed by atoms with Gasteiger partial charge in [0.05, 0.1) is 6.04 Å². The molecule has 1 saturated heterocycles. The molecule has 3 rings (SSSR count). The molecule has 1 aliphatic heterocycles. The Morgan fingerprint density at radius 1 is 1.08 bits per heavy atom. The Labute approximate surface area is 160 Å². The number of unbranched alkanes of at least 4 members (excludes halogenated alkanes) is 1. The predicted molar refractivity (Wildman–Crippen MR) is 105 cm³/mol. The summed E-state index contributed by atoms with van der Waals surface area (Å²) in [5.74, 6) is 0.205. The summed E-state index contributed by atoms with van der Waals surface area (Å²) in [6, 6.07) is 17.9. The van der Waals surface area contributed by atoms with Crippen molar-refractivity contribution in [2.24, 2.45) is 0 Å². The molecule has 1 amide bonds. The van der Waals surface area contributed by atoms with Gasteiger partial charge in [-0.3, -0.25) is 4.79 Å². The van der Waals surface area contributed by atoms with Gasteiger partial charge in [-0.15, -0.1) is 0 Å². The first-order valence-corrected chi connectivity index (χ1v) is 9.80. The molecule has 2 aromatic rings. The molecule has 1 fully saturated rings. The third-order valence-corrected chi connectivity index (χ3v) is 5.12. The van der Waals surface area contributed by atoms with Crippen LogP contribution in [0.4, 0.5) is 0 Å². The minimum atomic E-state index is -0.205. The van der Waals surface area contributed by atoms with Crippen LogP contribution in [-0.4, -0.2) is 24.0 Å². The highest BCUT2D eigenvalue weighted by atomic mass is 35.5. The number of benzene rings is 2. The highest BCUT2D eigenvalue weighted by molar-refractivity contribution is 6.30. The number of carbonyl (C=O) groups is 1. The fourth-order valence-electron chi connectivity index (χ4n) is 3.51. The minimum Gasteiger partial charge on any atom is -0.371 e. The molecular formula is C22H26ClNO2. The van der Waals surface area contributed by atoms with E-state index in [1.54, 1.807) is 0 Å². The van der Waals surface area contributed by atoms with E-state index in [9.17, 15) is 4.79 Å². The van der Waals surface area contributed by atoms with E-state index in [4.69, 9.17) is 16.3 Å². The summed E-state index contributed by atoms with van der Waals surface area (Å²) in [4.78, 5) is 14.5. The Morgan fingerprint density at radius 2 is 1.81 bits per heavy atom. The van der Waals surface area contributed by atoms with Crippen molar-refractivity contribution >= 4 is 17.5 Å². The Balaban J connectivity index is 1.99. The summed E-state index contributed by atoms with van der Waals surface area (Å²) in [6.45, 7) is 3.61. The molecule has 0 unspecified atom stereocenters. The molecule has 138 valence electrons. The molecule has 26 heavy (non-hydrogen) atoms. The number of nitrogens with zero attached hydrogens (tertiary/aromatic N) is 1. The van der Waals surface area contributed by atoms with Gasteiger partial charge in [-0.2, -0.15) is 0 Å². The average molecular weight is 372 g/mol. The number of amides is 1. The number of ether oxygens (including phenoxy) is 1. The zero-order valence-corrected chi connectivity index (χ0v) is 16.0. The Kier molecular flexibility index (Phi) is 6.70. The van der Waals surface area contributed by atoms with Crippen molar-refractivity contribution in [1.29, 1.82) is 0 Å². The van der Waals surface area contributed by atoms with E-state index < -0.39 is 0 Å². The number of hydrogen-bond acceptors (Lipinski definition) is 2. The third kappa shape index (κ3) is 4.46. The standard InChI is InChI=1S/C22H26ClNO2/c1-2-3-16-26-22(18-11-13-19(23)14-12-18)21(17-8-5-4-6-9-17)24-15-7-10-20(24)25/h4-6,8-9,11-14,21-22H,2-3,7,10,15-16H2,1H3/t21-,22+/m1/s1. The summed E-state index contributed by atoms with van der Waals surface area (Å²) in [5, 5.41) is 0.703. The minimum absolute atomic E-state index is 0.121. The van der Waals surface area contributed by atoms with E-state index in [1.807, 2.05) is 47.4 Å². The van der Waals surface area contributed by atoms with Gasteiger partial charge in [-0.1, -0.05) is 67.4 Å². The highest BCUT2D eigenvalue weighted by Gasteiger charge is 2.36. The number of rotatable bonds is 8. The topological polar surface area (TPSA) is 29.5 Å². The SMILES string of the molecule is CCCCO[C@@H](c1ccc(Cl)cc1)[C@@H](c1ccccc1)N1CCCC1=O. The monoisotopic (exact) mass is 371 g/mol. The zero-order valence-electron chi connectivity index (χ0n) is 15.2. The smallest absolute Gasteiger partial charge is 0.223 e. The van der Waals surface area contributed by atoms with Crippen molar-refractivity contribution in [1.82, 2.24) is 4.90 Å². The van der Waals surface area contributed by atoms with Gasteiger partial charge in [0.25, 0.3) is 0 Å². The second kappa shape index (κ2) is 9.20. The van der Waals surface area contributed by atoms with Crippen molar-refractivity contribution in [3.05, 3.63) is 70.7 Å². The first-order valence-electron chi connectivity index (χ1n) is 9.42.